The minimum absolute atomic E-state index is 0.183. The first-order chi connectivity index (χ1) is 16.0. The summed E-state index contributed by atoms with van der Waals surface area (Å²) in [5, 5.41) is 0. The molecular weight excluding hydrogens is 443 g/mol. The van der Waals surface area contributed by atoms with Gasteiger partial charge in [0.15, 0.2) is 0 Å². The topological polar surface area (TPSA) is 43.9 Å². The van der Waals surface area contributed by atoms with Gasteiger partial charge in [0, 0.05) is 19.3 Å². The zero-order valence-corrected chi connectivity index (χ0v) is 19.7. The van der Waals surface area contributed by atoms with Crippen molar-refractivity contribution in [3.05, 3.63) is 65.2 Å². The van der Waals surface area contributed by atoms with Crippen LogP contribution in [0.15, 0.2) is 48.5 Å². The van der Waals surface area contributed by atoms with Crippen molar-refractivity contribution in [2.24, 2.45) is 0 Å². The van der Waals surface area contributed by atoms with E-state index in [9.17, 15) is 22.8 Å². The number of aryl methyl sites for hydroxylation is 1. The molecule has 5 nitrogen and oxygen atoms in total. The fourth-order valence-electron chi connectivity index (χ4n) is 5.21. The molecule has 0 aromatic heterocycles. The molecule has 2 amide bonds. The van der Waals surface area contributed by atoms with E-state index in [4.69, 9.17) is 0 Å². The van der Waals surface area contributed by atoms with E-state index in [1.807, 2.05) is 37.3 Å². The van der Waals surface area contributed by atoms with Gasteiger partial charge >= 0.3 is 6.18 Å². The van der Waals surface area contributed by atoms with Crippen molar-refractivity contribution in [2.75, 3.05) is 31.6 Å². The van der Waals surface area contributed by atoms with E-state index in [1.165, 1.54) is 10.5 Å². The molecule has 1 saturated heterocycles. The smallest absolute Gasteiger partial charge is 0.332 e. The van der Waals surface area contributed by atoms with Crippen LogP contribution in [-0.4, -0.2) is 60.5 Å². The van der Waals surface area contributed by atoms with Crippen LogP contribution in [0.2, 0.25) is 0 Å². The third-order valence-electron chi connectivity index (χ3n) is 7.37. The van der Waals surface area contributed by atoms with Gasteiger partial charge < -0.3 is 9.80 Å². The number of likely N-dealkylation sites (N-methyl/N-ethyl adjacent to an activating group) is 1. The Bertz CT molecular complexity index is 1060. The summed E-state index contributed by atoms with van der Waals surface area (Å²) in [6, 6.07) is 13.8. The summed E-state index contributed by atoms with van der Waals surface area (Å²) >= 11 is 0. The Labute approximate surface area is 198 Å². The Balaban J connectivity index is 1.56. The van der Waals surface area contributed by atoms with Gasteiger partial charge in [0.05, 0.1) is 5.41 Å². The summed E-state index contributed by atoms with van der Waals surface area (Å²) in [5.74, 6) is -0.915. The lowest BCUT2D eigenvalue weighted by molar-refractivity contribution is -0.181. The van der Waals surface area contributed by atoms with E-state index in [2.05, 4.69) is 17.0 Å². The van der Waals surface area contributed by atoms with Crippen molar-refractivity contribution in [2.45, 2.75) is 50.9 Å². The molecule has 2 aromatic carbocycles. The van der Waals surface area contributed by atoms with E-state index in [-0.39, 0.29) is 5.91 Å². The standard InChI is InChI=1S/C26H30F3N3O2/c1-18-8-7-11-21-23(18)25(12-14-31(15-13-25)16-20-9-5-4-6-10-20)24(34)32(21)17-22(33)30(3)19(2)26(27,28)29/h4-11,19H,12-17H2,1-3H3/t19-/m1/s1. The molecule has 8 heteroatoms. The van der Waals surface area contributed by atoms with Crippen LogP contribution in [-0.2, 0) is 21.5 Å². The number of carbonyl (C=O) groups excluding carboxylic acids is 2. The lowest BCUT2D eigenvalue weighted by atomic mass is 9.72. The van der Waals surface area contributed by atoms with Gasteiger partial charge in [-0.3, -0.25) is 14.5 Å². The number of alkyl halides is 3. The number of likely N-dealkylation sites (tertiary alicyclic amines) is 1. The number of amides is 2. The summed E-state index contributed by atoms with van der Waals surface area (Å²) in [5.41, 5.74) is 2.99. The van der Waals surface area contributed by atoms with Gasteiger partial charge in [0.1, 0.15) is 12.6 Å². The highest BCUT2D eigenvalue weighted by molar-refractivity contribution is 6.11. The second-order valence-electron chi connectivity index (χ2n) is 9.43. The lowest BCUT2D eigenvalue weighted by Gasteiger charge is -2.39. The molecule has 0 aliphatic carbocycles. The van der Waals surface area contributed by atoms with Crippen molar-refractivity contribution in [1.82, 2.24) is 9.80 Å². The molecule has 2 aliphatic heterocycles. The molecule has 2 heterocycles. The molecule has 1 spiro atoms. The van der Waals surface area contributed by atoms with Crippen LogP contribution in [0.1, 0.15) is 36.5 Å². The predicted molar refractivity (Wildman–Crippen MR) is 124 cm³/mol. The first-order valence-corrected chi connectivity index (χ1v) is 11.6. The van der Waals surface area contributed by atoms with E-state index in [0.29, 0.717) is 23.4 Å². The molecule has 4 rings (SSSR count). The highest BCUT2D eigenvalue weighted by Crippen LogP contribution is 2.49. The molecular formula is C26H30F3N3O2. The number of hydrogen-bond donors (Lipinski definition) is 0. The van der Waals surface area contributed by atoms with Gasteiger partial charge in [-0.1, -0.05) is 42.5 Å². The van der Waals surface area contributed by atoms with Crippen LogP contribution in [0.5, 0.6) is 0 Å². The second-order valence-corrected chi connectivity index (χ2v) is 9.43. The minimum Gasteiger partial charge on any atom is -0.332 e. The average Bonchev–Trinajstić information content (AvgIpc) is 3.03. The maximum absolute atomic E-state index is 13.8. The molecule has 182 valence electrons. The maximum Gasteiger partial charge on any atom is 0.408 e. The number of piperidine rings is 1. The summed E-state index contributed by atoms with van der Waals surface area (Å²) < 4.78 is 39.4. The van der Waals surface area contributed by atoms with Crippen molar-refractivity contribution < 1.29 is 22.8 Å². The van der Waals surface area contributed by atoms with Crippen molar-refractivity contribution in [3.8, 4) is 0 Å². The second kappa shape index (κ2) is 9.06. The summed E-state index contributed by atoms with van der Waals surface area (Å²) in [6.45, 7) is 4.75. The van der Waals surface area contributed by atoms with E-state index in [0.717, 1.165) is 44.7 Å². The number of carbonyl (C=O) groups is 2. The number of halogens is 3. The van der Waals surface area contributed by atoms with Crippen LogP contribution in [0, 0.1) is 6.92 Å². The Morgan fingerprint density at radius 3 is 2.35 bits per heavy atom. The van der Waals surface area contributed by atoms with Crippen LogP contribution in [0.3, 0.4) is 0 Å². The van der Waals surface area contributed by atoms with E-state index in [1.54, 1.807) is 6.07 Å². The molecule has 0 saturated carbocycles. The minimum atomic E-state index is -4.53. The fourth-order valence-corrected chi connectivity index (χ4v) is 5.21. The third kappa shape index (κ3) is 4.31. The van der Waals surface area contributed by atoms with Crippen molar-refractivity contribution in [1.29, 1.82) is 0 Å². The van der Waals surface area contributed by atoms with Gasteiger partial charge in [-0.15, -0.1) is 0 Å². The largest absolute Gasteiger partial charge is 0.408 e. The predicted octanol–water partition coefficient (Wildman–Crippen LogP) is 4.28. The Morgan fingerprint density at radius 1 is 1.09 bits per heavy atom. The van der Waals surface area contributed by atoms with E-state index >= 15 is 0 Å². The van der Waals surface area contributed by atoms with Crippen LogP contribution >= 0.6 is 0 Å². The van der Waals surface area contributed by atoms with E-state index < -0.39 is 30.1 Å². The van der Waals surface area contributed by atoms with Gasteiger partial charge in [-0.05, 0) is 62.5 Å². The molecule has 0 radical (unpaired) electrons. The highest BCUT2D eigenvalue weighted by Gasteiger charge is 2.53. The first kappa shape index (κ1) is 24.3. The Hall–Kier alpha value is -2.87. The maximum atomic E-state index is 13.8. The SMILES string of the molecule is Cc1cccc2c1C1(CCN(Cc3ccccc3)CC1)C(=O)N2CC(=O)N(C)[C@H](C)C(F)(F)F. The average molecular weight is 474 g/mol. The Kier molecular flexibility index (Phi) is 6.46. The summed E-state index contributed by atoms with van der Waals surface area (Å²) in [7, 11) is 1.13. The normalized spacial score (nSPS) is 18.8. The zero-order valence-electron chi connectivity index (χ0n) is 19.7. The van der Waals surface area contributed by atoms with Gasteiger partial charge in [-0.2, -0.15) is 13.2 Å². The van der Waals surface area contributed by atoms with Crippen LogP contribution in [0.25, 0.3) is 0 Å². The summed E-state index contributed by atoms with van der Waals surface area (Å²) in [4.78, 5) is 31.0. The highest BCUT2D eigenvalue weighted by atomic mass is 19.4. The number of rotatable bonds is 5. The third-order valence-corrected chi connectivity index (χ3v) is 7.37. The Morgan fingerprint density at radius 2 is 1.74 bits per heavy atom. The number of anilines is 1. The van der Waals surface area contributed by atoms with Crippen molar-refractivity contribution >= 4 is 17.5 Å². The molecule has 0 unspecified atom stereocenters. The number of fused-ring (bicyclic) bond motifs is 2. The summed E-state index contributed by atoms with van der Waals surface area (Å²) in [6.07, 6.45) is -3.31. The number of nitrogens with zero attached hydrogens (tertiary/aromatic N) is 3. The zero-order chi connectivity index (χ0) is 24.7. The first-order valence-electron chi connectivity index (χ1n) is 11.6. The number of hydrogen-bond acceptors (Lipinski definition) is 3. The molecule has 2 aliphatic rings. The van der Waals surface area contributed by atoms with Gasteiger partial charge in [0.25, 0.3) is 0 Å². The fraction of sp³-hybridized carbons (Fsp3) is 0.462. The molecule has 2 aromatic rings. The number of benzene rings is 2. The molecule has 1 atom stereocenters. The molecule has 0 bridgehead atoms. The molecule has 0 N–H and O–H groups in total. The quantitative estimate of drug-likeness (QED) is 0.651. The lowest BCUT2D eigenvalue weighted by Crippen LogP contribution is -2.52. The van der Waals surface area contributed by atoms with Crippen molar-refractivity contribution in [3.63, 3.8) is 0 Å². The van der Waals surface area contributed by atoms with Gasteiger partial charge in [0.2, 0.25) is 11.8 Å². The molecule has 1 fully saturated rings. The monoisotopic (exact) mass is 473 g/mol. The van der Waals surface area contributed by atoms with Crippen LogP contribution in [0.4, 0.5) is 18.9 Å². The van der Waals surface area contributed by atoms with Crippen LogP contribution < -0.4 is 4.90 Å². The van der Waals surface area contributed by atoms with Gasteiger partial charge in [-0.25, -0.2) is 0 Å². The molecule has 34 heavy (non-hydrogen) atoms.